The number of H-pyrrole nitrogens is 1. The number of thiophene rings is 1. The van der Waals surface area contributed by atoms with Gasteiger partial charge in [0.2, 0.25) is 0 Å². The molecule has 1 atom stereocenters. The van der Waals surface area contributed by atoms with Gasteiger partial charge in [-0.05, 0) is 6.92 Å². The highest BCUT2D eigenvalue weighted by Crippen LogP contribution is 2.51. The van der Waals surface area contributed by atoms with Crippen LogP contribution in [0.2, 0.25) is 0 Å². The summed E-state index contributed by atoms with van der Waals surface area (Å²) in [5, 5.41) is 9.85. The Bertz CT molecular complexity index is 742. The van der Waals surface area contributed by atoms with Gasteiger partial charge >= 0.3 is 0 Å². The number of nitrogens with zero attached hydrogens (tertiary/aromatic N) is 2. The van der Waals surface area contributed by atoms with E-state index < -0.39 is 0 Å². The molecule has 2 aliphatic heterocycles. The normalized spacial score (nSPS) is 23.0. The molecule has 0 aliphatic carbocycles. The number of aromatic nitrogens is 2. The minimum atomic E-state index is -0.303. The van der Waals surface area contributed by atoms with Crippen LogP contribution < -0.4 is 15.0 Å². The Morgan fingerprint density at radius 3 is 3.13 bits per heavy atom. The highest BCUT2D eigenvalue weighted by molar-refractivity contribution is 7.18. The number of hydrogen-bond donors (Lipinski definition) is 2. The summed E-state index contributed by atoms with van der Waals surface area (Å²) in [6, 6.07) is 0. The lowest BCUT2D eigenvalue weighted by molar-refractivity contribution is 0.0931. The van der Waals surface area contributed by atoms with E-state index in [4.69, 9.17) is 9.47 Å². The maximum atomic E-state index is 12.6. The molecule has 2 aromatic heterocycles. The number of aromatic amines is 1. The number of nitrogens with one attached hydrogen (secondary N) is 2. The van der Waals surface area contributed by atoms with Crippen molar-refractivity contribution >= 4 is 22.9 Å². The quantitative estimate of drug-likeness (QED) is 0.889. The Morgan fingerprint density at radius 2 is 2.39 bits per heavy atom. The van der Waals surface area contributed by atoms with Gasteiger partial charge in [0.25, 0.3) is 5.91 Å². The largest absolute Gasteiger partial charge is 0.488 e. The second kappa shape index (κ2) is 5.24. The van der Waals surface area contributed by atoms with Crippen LogP contribution in [0.15, 0.2) is 12.4 Å². The van der Waals surface area contributed by atoms with E-state index in [2.05, 4.69) is 27.3 Å². The number of carbonyl (C=O) groups is 1. The Morgan fingerprint density at radius 1 is 1.52 bits per heavy atom. The van der Waals surface area contributed by atoms with E-state index in [-0.39, 0.29) is 11.4 Å². The summed E-state index contributed by atoms with van der Waals surface area (Å²) >= 11 is 1.45. The van der Waals surface area contributed by atoms with E-state index in [1.54, 1.807) is 13.3 Å². The summed E-state index contributed by atoms with van der Waals surface area (Å²) in [7, 11) is 1.69. The van der Waals surface area contributed by atoms with Gasteiger partial charge in [-0.1, -0.05) is 0 Å². The van der Waals surface area contributed by atoms with Crippen LogP contribution in [0.3, 0.4) is 0 Å². The Balaban J connectivity index is 1.91. The van der Waals surface area contributed by atoms with Crippen molar-refractivity contribution in [2.75, 3.05) is 38.3 Å². The molecular formula is C15H18N4O3S. The van der Waals surface area contributed by atoms with Crippen LogP contribution in [0.5, 0.6) is 5.75 Å². The monoisotopic (exact) mass is 334 g/mol. The molecule has 4 rings (SSSR count). The highest BCUT2D eigenvalue weighted by atomic mass is 32.1. The van der Waals surface area contributed by atoms with Gasteiger partial charge in [0.1, 0.15) is 17.2 Å². The number of ether oxygens (including phenoxy) is 2. The Hall–Kier alpha value is -2.06. The first kappa shape index (κ1) is 14.5. The molecule has 0 spiro atoms. The van der Waals surface area contributed by atoms with Gasteiger partial charge in [0, 0.05) is 25.4 Å². The van der Waals surface area contributed by atoms with Crippen molar-refractivity contribution in [3.63, 3.8) is 0 Å². The van der Waals surface area contributed by atoms with E-state index >= 15 is 0 Å². The third kappa shape index (κ3) is 2.13. The van der Waals surface area contributed by atoms with Crippen LogP contribution in [-0.2, 0) is 4.74 Å². The second-order valence-corrected chi connectivity index (χ2v) is 7.06. The molecule has 122 valence electrons. The zero-order valence-corrected chi connectivity index (χ0v) is 13.8. The lowest BCUT2D eigenvalue weighted by Crippen LogP contribution is -2.57. The van der Waals surface area contributed by atoms with Crippen LogP contribution >= 0.6 is 11.3 Å². The van der Waals surface area contributed by atoms with Gasteiger partial charge in [-0.2, -0.15) is 5.10 Å². The molecule has 0 radical (unpaired) electrons. The first-order valence-electron chi connectivity index (χ1n) is 7.47. The third-order valence-electron chi connectivity index (χ3n) is 4.38. The number of rotatable bonds is 3. The number of hydrogen-bond acceptors (Lipinski definition) is 6. The lowest BCUT2D eigenvalue weighted by atomic mass is 9.99. The average Bonchev–Trinajstić information content (AvgIpc) is 3.17. The predicted molar refractivity (Wildman–Crippen MR) is 87.4 cm³/mol. The number of carbonyl (C=O) groups excluding carboxylic acids is 1. The summed E-state index contributed by atoms with van der Waals surface area (Å²) in [6.45, 7) is 4.50. The number of anilines is 1. The number of amides is 1. The minimum Gasteiger partial charge on any atom is -0.488 e. The Kier molecular flexibility index (Phi) is 3.31. The molecule has 0 saturated heterocycles. The average molecular weight is 334 g/mol. The molecule has 0 saturated carbocycles. The van der Waals surface area contributed by atoms with Crippen molar-refractivity contribution < 1.29 is 14.3 Å². The standard InChI is InChI=1S/C15H18N4O3S/c1-15(8-21-2)7-16-14(20)13-10-11(22-4-3-19(10)15)12(23-13)9-5-17-18-6-9/h5-6H,3-4,7-8H2,1-2H3,(H,16,20)(H,17,18)/t15-/m1/s1. The summed E-state index contributed by atoms with van der Waals surface area (Å²) in [5.41, 5.74) is 1.51. The lowest BCUT2D eigenvalue weighted by Gasteiger charge is -2.43. The first-order valence-corrected chi connectivity index (χ1v) is 8.29. The van der Waals surface area contributed by atoms with Crippen molar-refractivity contribution in [3.8, 4) is 16.2 Å². The minimum absolute atomic E-state index is 0.0590. The maximum absolute atomic E-state index is 12.6. The molecule has 0 bridgehead atoms. The van der Waals surface area contributed by atoms with Gasteiger partial charge in [-0.15, -0.1) is 11.3 Å². The molecular weight excluding hydrogens is 316 g/mol. The first-order chi connectivity index (χ1) is 11.1. The molecule has 4 heterocycles. The molecule has 2 N–H and O–H groups in total. The van der Waals surface area contributed by atoms with Crippen molar-refractivity contribution in [3.05, 3.63) is 17.3 Å². The topological polar surface area (TPSA) is 79.5 Å². The predicted octanol–water partition coefficient (Wildman–Crippen LogP) is 1.49. The molecule has 7 nitrogen and oxygen atoms in total. The summed E-state index contributed by atoms with van der Waals surface area (Å²) in [5.74, 6) is 0.716. The smallest absolute Gasteiger partial charge is 0.263 e. The Labute approximate surface area is 137 Å². The molecule has 0 aromatic carbocycles. The number of methoxy groups -OCH3 is 1. The van der Waals surface area contributed by atoms with Crippen molar-refractivity contribution in [1.82, 2.24) is 15.5 Å². The van der Waals surface area contributed by atoms with Crippen LogP contribution in [0, 0.1) is 0 Å². The molecule has 1 amide bonds. The fourth-order valence-corrected chi connectivity index (χ4v) is 4.43. The molecule has 23 heavy (non-hydrogen) atoms. The van der Waals surface area contributed by atoms with Gasteiger partial charge in [-0.25, -0.2) is 0 Å². The fourth-order valence-electron chi connectivity index (χ4n) is 3.28. The van der Waals surface area contributed by atoms with Crippen molar-refractivity contribution in [1.29, 1.82) is 0 Å². The van der Waals surface area contributed by atoms with Crippen LogP contribution in [-0.4, -0.2) is 55.1 Å². The zero-order valence-electron chi connectivity index (χ0n) is 13.0. The van der Waals surface area contributed by atoms with E-state index in [1.807, 2.05) is 6.20 Å². The summed E-state index contributed by atoms with van der Waals surface area (Å²) < 4.78 is 11.4. The molecule has 2 aromatic rings. The molecule has 2 aliphatic rings. The van der Waals surface area contributed by atoms with Crippen molar-refractivity contribution in [2.45, 2.75) is 12.5 Å². The highest BCUT2D eigenvalue weighted by Gasteiger charge is 2.43. The fraction of sp³-hybridized carbons (Fsp3) is 0.467. The van der Waals surface area contributed by atoms with Crippen LogP contribution in [0.1, 0.15) is 16.6 Å². The summed E-state index contributed by atoms with van der Waals surface area (Å²) in [4.78, 5) is 16.4. The van der Waals surface area contributed by atoms with E-state index in [9.17, 15) is 4.79 Å². The van der Waals surface area contributed by atoms with E-state index in [1.165, 1.54) is 11.3 Å². The maximum Gasteiger partial charge on any atom is 0.263 e. The SMILES string of the molecule is COC[C@@]1(C)CNC(=O)c2sc(-c3cn[nH]c3)c3c2N1CCO3. The van der Waals surface area contributed by atoms with E-state index in [0.29, 0.717) is 24.6 Å². The van der Waals surface area contributed by atoms with E-state index in [0.717, 1.165) is 28.4 Å². The third-order valence-corrected chi connectivity index (χ3v) is 5.58. The second-order valence-electron chi connectivity index (χ2n) is 6.04. The zero-order chi connectivity index (χ0) is 16.0. The van der Waals surface area contributed by atoms with Crippen molar-refractivity contribution in [2.24, 2.45) is 0 Å². The molecule has 0 unspecified atom stereocenters. The van der Waals surface area contributed by atoms with Crippen LogP contribution in [0.4, 0.5) is 5.69 Å². The van der Waals surface area contributed by atoms with Gasteiger partial charge in [0.05, 0.1) is 29.8 Å². The van der Waals surface area contributed by atoms with Gasteiger partial charge < -0.3 is 19.7 Å². The molecule has 8 heteroatoms. The van der Waals surface area contributed by atoms with Gasteiger partial charge in [0.15, 0.2) is 5.75 Å². The van der Waals surface area contributed by atoms with Crippen LogP contribution in [0.25, 0.3) is 10.4 Å². The summed E-state index contributed by atoms with van der Waals surface area (Å²) in [6.07, 6.45) is 3.56. The molecule has 0 fully saturated rings. The van der Waals surface area contributed by atoms with Gasteiger partial charge in [-0.3, -0.25) is 9.89 Å².